The van der Waals surface area contributed by atoms with Gasteiger partial charge in [-0.1, -0.05) is 6.92 Å². The lowest BCUT2D eigenvalue weighted by Gasteiger charge is -2.37. The zero-order chi connectivity index (χ0) is 26.6. The van der Waals surface area contributed by atoms with Crippen molar-refractivity contribution >= 4 is 27.3 Å². The summed E-state index contributed by atoms with van der Waals surface area (Å²) in [6.07, 6.45) is 1.24. The molecule has 1 aliphatic heterocycles. The van der Waals surface area contributed by atoms with E-state index in [1.165, 1.54) is 40.6 Å². The minimum Gasteiger partial charge on any atom is -0.497 e. The van der Waals surface area contributed by atoms with Crippen LogP contribution < -0.4 is 9.47 Å². The Morgan fingerprint density at radius 3 is 2.46 bits per heavy atom. The Morgan fingerprint density at radius 2 is 1.81 bits per heavy atom. The van der Waals surface area contributed by atoms with Crippen LogP contribution in [0, 0.1) is 5.82 Å². The number of sulfonamides is 1. The van der Waals surface area contributed by atoms with Gasteiger partial charge in [0.2, 0.25) is 15.9 Å². The van der Waals surface area contributed by atoms with Gasteiger partial charge in [0.15, 0.2) is 0 Å². The van der Waals surface area contributed by atoms with Crippen LogP contribution in [0.2, 0.25) is 0 Å². The van der Waals surface area contributed by atoms with Crippen LogP contribution in [0.3, 0.4) is 0 Å². The molecule has 3 aromatic rings. The summed E-state index contributed by atoms with van der Waals surface area (Å²) in [4.78, 5) is 16.7. The molecule has 0 aliphatic carbocycles. The average Bonchev–Trinajstić information content (AvgIpc) is 3.40. The van der Waals surface area contributed by atoms with E-state index in [9.17, 15) is 17.6 Å². The number of thiophene rings is 1. The number of halogens is 1. The highest BCUT2D eigenvalue weighted by Gasteiger charge is 2.36. The van der Waals surface area contributed by atoms with Crippen LogP contribution in [-0.2, 0) is 21.2 Å². The van der Waals surface area contributed by atoms with Crippen LogP contribution in [0.25, 0.3) is 0 Å². The molecule has 0 bridgehead atoms. The van der Waals surface area contributed by atoms with E-state index in [4.69, 9.17) is 9.47 Å². The van der Waals surface area contributed by atoms with Gasteiger partial charge in [0.05, 0.1) is 24.6 Å². The first-order chi connectivity index (χ1) is 17.7. The van der Waals surface area contributed by atoms with E-state index >= 15 is 0 Å². The molecule has 0 fully saturated rings. The number of rotatable bonds is 10. The van der Waals surface area contributed by atoms with Crippen LogP contribution in [0.5, 0.6) is 11.5 Å². The third-order valence-electron chi connectivity index (χ3n) is 6.68. The van der Waals surface area contributed by atoms with Gasteiger partial charge in [0.25, 0.3) is 0 Å². The van der Waals surface area contributed by atoms with Crippen molar-refractivity contribution in [3.05, 3.63) is 76.2 Å². The second-order valence-electron chi connectivity index (χ2n) is 8.90. The fraction of sp³-hybridized carbons (Fsp3) is 0.370. The van der Waals surface area contributed by atoms with Gasteiger partial charge in [-0.05, 0) is 85.3 Å². The predicted molar refractivity (Wildman–Crippen MR) is 141 cm³/mol. The average molecular weight is 547 g/mol. The zero-order valence-corrected chi connectivity index (χ0v) is 22.7. The summed E-state index contributed by atoms with van der Waals surface area (Å²) in [5.41, 5.74) is 1.000. The molecule has 0 radical (unpaired) electrons. The Morgan fingerprint density at radius 1 is 1.14 bits per heavy atom. The smallest absolute Gasteiger partial charge is 0.243 e. The van der Waals surface area contributed by atoms with Gasteiger partial charge in [0.1, 0.15) is 23.9 Å². The second-order valence-corrected chi connectivity index (χ2v) is 11.8. The summed E-state index contributed by atoms with van der Waals surface area (Å²) in [5.74, 6) is 0.403. The lowest BCUT2D eigenvalue weighted by Crippen LogP contribution is -2.49. The van der Waals surface area contributed by atoms with E-state index in [1.54, 1.807) is 47.4 Å². The molecule has 1 aliphatic rings. The minimum absolute atomic E-state index is 0.108. The lowest BCUT2D eigenvalue weighted by molar-refractivity contribution is -0.135. The first-order valence-corrected chi connectivity index (χ1v) is 14.5. The molecule has 0 saturated carbocycles. The van der Waals surface area contributed by atoms with E-state index in [2.05, 4.69) is 0 Å². The summed E-state index contributed by atoms with van der Waals surface area (Å²) in [5, 5.41) is 1.99. The van der Waals surface area contributed by atoms with E-state index in [1.807, 2.05) is 18.4 Å². The molecule has 0 spiro atoms. The Kier molecular flexibility index (Phi) is 8.51. The Bertz CT molecular complexity index is 1310. The first-order valence-electron chi connectivity index (χ1n) is 12.1. The number of methoxy groups -OCH3 is 1. The monoisotopic (exact) mass is 546 g/mol. The van der Waals surface area contributed by atoms with Gasteiger partial charge in [-0.15, -0.1) is 11.3 Å². The number of nitrogens with zero attached hydrogens (tertiary/aromatic N) is 2. The molecule has 2 atom stereocenters. The van der Waals surface area contributed by atoms with Gasteiger partial charge < -0.3 is 14.4 Å². The number of benzene rings is 2. The van der Waals surface area contributed by atoms with E-state index in [0.717, 1.165) is 5.56 Å². The Hall–Kier alpha value is -2.95. The van der Waals surface area contributed by atoms with Crippen molar-refractivity contribution in [1.82, 2.24) is 9.21 Å². The Balaban J connectivity index is 1.58. The highest BCUT2D eigenvalue weighted by atomic mass is 32.2. The number of hydrogen-bond acceptors (Lipinski definition) is 6. The van der Waals surface area contributed by atoms with Gasteiger partial charge in [0, 0.05) is 17.5 Å². The van der Waals surface area contributed by atoms with Crippen molar-refractivity contribution in [3.63, 3.8) is 0 Å². The highest BCUT2D eigenvalue weighted by molar-refractivity contribution is 7.89. The number of carbonyl (C=O) groups is 1. The molecule has 0 saturated heterocycles. The summed E-state index contributed by atoms with van der Waals surface area (Å²) >= 11 is 1.63. The molecule has 2 heterocycles. The van der Waals surface area contributed by atoms with Gasteiger partial charge in [-0.2, -0.15) is 4.31 Å². The summed E-state index contributed by atoms with van der Waals surface area (Å²) in [7, 11) is -2.42. The molecule has 37 heavy (non-hydrogen) atoms. The third-order valence-corrected chi connectivity index (χ3v) is 9.65. The van der Waals surface area contributed by atoms with Crippen molar-refractivity contribution in [3.8, 4) is 11.5 Å². The number of fused-ring (bicyclic) bond motifs is 1. The molecular formula is C27H31FN2O5S2. The van der Waals surface area contributed by atoms with Crippen LogP contribution in [0.15, 0.2) is 64.9 Å². The SMILES string of the molecule is CC[C@@H](C)N(CC(=O)N1CCc2sccc2[C@H]1COc1ccc(F)cc1)S(=O)(=O)c1ccc(OC)cc1. The lowest BCUT2D eigenvalue weighted by atomic mass is 10.0. The molecule has 0 unspecified atom stereocenters. The zero-order valence-electron chi connectivity index (χ0n) is 21.1. The maximum Gasteiger partial charge on any atom is 0.243 e. The van der Waals surface area contributed by atoms with Crippen molar-refractivity contribution in [2.75, 3.05) is 26.8 Å². The highest BCUT2D eigenvalue weighted by Crippen LogP contribution is 2.34. The molecule has 10 heteroatoms. The molecule has 7 nitrogen and oxygen atoms in total. The fourth-order valence-corrected chi connectivity index (χ4v) is 6.95. The Labute approximate surface area is 221 Å². The van der Waals surface area contributed by atoms with E-state index in [0.29, 0.717) is 30.9 Å². The minimum atomic E-state index is -3.93. The molecule has 2 aromatic carbocycles. The maximum absolute atomic E-state index is 13.7. The van der Waals surface area contributed by atoms with Crippen LogP contribution in [0.1, 0.15) is 36.8 Å². The first kappa shape index (κ1) is 27.1. The molecule has 4 rings (SSSR count). The summed E-state index contributed by atoms with van der Waals surface area (Å²) in [6, 6.07) is 13.1. The van der Waals surface area contributed by atoms with Crippen LogP contribution >= 0.6 is 11.3 Å². The molecule has 0 N–H and O–H groups in total. The quantitative estimate of drug-likeness (QED) is 0.362. The van der Waals surface area contributed by atoms with Gasteiger partial charge in [-0.25, -0.2) is 12.8 Å². The number of carbonyl (C=O) groups excluding carboxylic acids is 1. The molecule has 198 valence electrons. The van der Waals surface area contributed by atoms with Gasteiger partial charge in [-0.3, -0.25) is 4.79 Å². The predicted octanol–water partition coefficient (Wildman–Crippen LogP) is 4.89. The number of ether oxygens (including phenoxy) is 2. The van der Waals surface area contributed by atoms with Gasteiger partial charge >= 0.3 is 0 Å². The third kappa shape index (κ3) is 5.97. The van der Waals surface area contributed by atoms with Crippen molar-refractivity contribution in [2.45, 2.75) is 43.7 Å². The maximum atomic E-state index is 13.7. The largest absolute Gasteiger partial charge is 0.497 e. The molecule has 1 amide bonds. The normalized spacial score (nSPS) is 16.4. The van der Waals surface area contributed by atoms with Crippen molar-refractivity contribution in [1.29, 1.82) is 0 Å². The summed E-state index contributed by atoms with van der Waals surface area (Å²) < 4.78 is 52.9. The van der Waals surface area contributed by atoms with Crippen LogP contribution in [0.4, 0.5) is 4.39 Å². The van der Waals surface area contributed by atoms with Crippen LogP contribution in [-0.4, -0.2) is 56.4 Å². The van der Waals surface area contributed by atoms with Crippen molar-refractivity contribution < 1.29 is 27.1 Å². The molecular weight excluding hydrogens is 515 g/mol. The fourth-order valence-electron chi connectivity index (χ4n) is 4.37. The topological polar surface area (TPSA) is 76.2 Å². The second kappa shape index (κ2) is 11.6. The van der Waals surface area contributed by atoms with Crippen molar-refractivity contribution in [2.24, 2.45) is 0 Å². The van der Waals surface area contributed by atoms with E-state index in [-0.39, 0.29) is 41.9 Å². The standard InChI is InChI=1S/C27H31FN2O5S2/c1-4-19(2)30(37(32,33)23-11-9-21(34-3)10-12-23)17-27(31)29-15-13-26-24(14-16-36-26)25(29)18-35-22-7-5-20(28)6-8-22/h5-12,14,16,19,25H,4,13,15,17-18H2,1-3H3/t19-,25-/m1/s1. The summed E-state index contributed by atoms with van der Waals surface area (Å²) in [6.45, 7) is 4.05. The number of amides is 1. The molecule has 1 aromatic heterocycles. The van der Waals surface area contributed by atoms with E-state index < -0.39 is 10.0 Å². The number of hydrogen-bond donors (Lipinski definition) is 0.